The molecule has 0 fully saturated rings. The first-order valence-electron chi connectivity index (χ1n) is 4.28. The summed E-state index contributed by atoms with van der Waals surface area (Å²) in [6.45, 7) is 0. The van der Waals surface area contributed by atoms with Crippen LogP contribution in [0.3, 0.4) is 0 Å². The van der Waals surface area contributed by atoms with Crippen molar-refractivity contribution in [2.45, 2.75) is 12.5 Å². The van der Waals surface area contributed by atoms with Crippen LogP contribution in [0.25, 0.3) is 0 Å². The first-order chi connectivity index (χ1) is 7.82. The van der Waals surface area contributed by atoms with Crippen LogP contribution >= 0.6 is 0 Å². The number of H-pyrrole nitrogens is 1. The van der Waals surface area contributed by atoms with Crippen molar-refractivity contribution in [3.8, 4) is 0 Å². The lowest BCUT2D eigenvalue weighted by atomic mass is 10.2. The Morgan fingerprint density at radius 3 is 2.47 bits per heavy atom. The molecule has 17 heavy (non-hydrogen) atoms. The summed E-state index contributed by atoms with van der Waals surface area (Å²) in [7, 11) is 0. The van der Waals surface area contributed by atoms with E-state index in [2.05, 4.69) is 0 Å². The van der Waals surface area contributed by atoms with Gasteiger partial charge in [-0.1, -0.05) is 0 Å². The van der Waals surface area contributed by atoms with E-state index in [0.717, 1.165) is 0 Å². The molecule has 1 heterocycles. The Balaban J connectivity index is 3.33. The van der Waals surface area contributed by atoms with Gasteiger partial charge in [0.05, 0.1) is 12.6 Å². The van der Waals surface area contributed by atoms with E-state index in [-0.39, 0.29) is 0 Å². The topological polar surface area (TPSA) is 129 Å². The summed E-state index contributed by atoms with van der Waals surface area (Å²) in [5, 5.41) is 17.2. The van der Waals surface area contributed by atoms with Gasteiger partial charge in [-0.05, 0) is 0 Å². The number of nitrogens with one attached hydrogen (secondary N) is 1. The Bertz CT molecular complexity index is 574. The molecule has 0 saturated carbocycles. The van der Waals surface area contributed by atoms with Gasteiger partial charge in [0.15, 0.2) is 0 Å². The monoisotopic (exact) mass is 246 g/mol. The predicted molar refractivity (Wildman–Crippen MR) is 50.2 cm³/mol. The molecule has 9 heteroatoms. The van der Waals surface area contributed by atoms with Gasteiger partial charge in [-0.15, -0.1) is 0 Å². The fraction of sp³-hybridized carbons (Fsp3) is 0.250. The Kier molecular flexibility index (Phi) is 3.41. The van der Waals surface area contributed by atoms with Crippen LogP contribution in [0.15, 0.2) is 15.8 Å². The van der Waals surface area contributed by atoms with Crippen molar-refractivity contribution < 1.29 is 24.2 Å². The van der Waals surface area contributed by atoms with Crippen molar-refractivity contribution in [1.29, 1.82) is 0 Å². The number of rotatable bonds is 4. The fourth-order valence-corrected chi connectivity index (χ4v) is 1.16. The second-order valence-electron chi connectivity index (χ2n) is 3.10. The number of carbonyl (C=O) groups is 2. The lowest BCUT2D eigenvalue weighted by molar-refractivity contribution is -0.147. The molecule has 0 radical (unpaired) electrons. The van der Waals surface area contributed by atoms with E-state index >= 15 is 0 Å². The van der Waals surface area contributed by atoms with E-state index in [1.54, 1.807) is 0 Å². The van der Waals surface area contributed by atoms with Crippen LogP contribution in [0.1, 0.15) is 12.5 Å². The molecule has 0 aliphatic carbocycles. The van der Waals surface area contributed by atoms with Gasteiger partial charge in [-0.25, -0.2) is 9.59 Å². The molecular formula is C8H7FN2O6. The number of halogens is 1. The number of carboxylic acid groups (broad SMARTS) is 2. The minimum absolute atomic E-state index is 0.313. The van der Waals surface area contributed by atoms with Gasteiger partial charge >= 0.3 is 17.6 Å². The van der Waals surface area contributed by atoms with Crippen LogP contribution in [-0.2, 0) is 9.59 Å². The number of aliphatic carboxylic acids is 2. The maximum absolute atomic E-state index is 12.9. The summed E-state index contributed by atoms with van der Waals surface area (Å²) in [4.78, 5) is 44.6. The van der Waals surface area contributed by atoms with E-state index in [1.165, 1.54) is 4.98 Å². The lowest BCUT2D eigenvalue weighted by Gasteiger charge is -2.12. The zero-order valence-corrected chi connectivity index (χ0v) is 8.21. The van der Waals surface area contributed by atoms with E-state index in [0.29, 0.717) is 10.8 Å². The SMILES string of the molecule is O=C(O)CC(C(=O)O)n1cc(F)c(=O)[nH]c1=O. The maximum atomic E-state index is 12.9. The number of nitrogens with zero attached hydrogens (tertiary/aromatic N) is 1. The zero-order valence-electron chi connectivity index (χ0n) is 8.21. The highest BCUT2D eigenvalue weighted by atomic mass is 19.1. The molecule has 0 saturated heterocycles. The number of aromatic amines is 1. The van der Waals surface area contributed by atoms with E-state index in [1.807, 2.05) is 0 Å². The first kappa shape index (κ1) is 12.6. The van der Waals surface area contributed by atoms with Crippen molar-refractivity contribution in [2.75, 3.05) is 0 Å². The summed E-state index contributed by atoms with van der Waals surface area (Å²) in [6.07, 6.45) is -0.552. The van der Waals surface area contributed by atoms with Crippen molar-refractivity contribution >= 4 is 11.9 Å². The highest BCUT2D eigenvalue weighted by Gasteiger charge is 2.24. The van der Waals surface area contributed by atoms with E-state index in [4.69, 9.17) is 10.2 Å². The average Bonchev–Trinajstić information content (AvgIpc) is 2.20. The minimum atomic E-state index is -1.79. The van der Waals surface area contributed by atoms with E-state index < -0.39 is 41.5 Å². The molecule has 1 rings (SSSR count). The van der Waals surface area contributed by atoms with Crippen molar-refractivity contribution in [3.05, 3.63) is 32.9 Å². The molecule has 0 aliphatic heterocycles. The Morgan fingerprint density at radius 1 is 1.41 bits per heavy atom. The highest BCUT2D eigenvalue weighted by Crippen LogP contribution is 2.08. The maximum Gasteiger partial charge on any atom is 0.329 e. The molecule has 0 spiro atoms. The molecular weight excluding hydrogens is 239 g/mol. The Hall–Kier alpha value is -2.45. The molecule has 1 aromatic heterocycles. The number of carboxylic acids is 2. The number of hydrogen-bond acceptors (Lipinski definition) is 4. The third-order valence-electron chi connectivity index (χ3n) is 1.91. The molecule has 0 aromatic carbocycles. The number of aromatic nitrogens is 2. The standard InChI is InChI=1S/C8H7FN2O6/c9-3-2-11(8(17)10-6(3)14)4(7(15)16)1-5(12)13/h2,4H,1H2,(H,12,13)(H,15,16)(H,10,14,17). The predicted octanol–water partition coefficient (Wildman–Crippen LogP) is -1.22. The van der Waals surface area contributed by atoms with Gasteiger partial charge in [-0.3, -0.25) is 19.1 Å². The Labute approximate surface area is 91.9 Å². The molecule has 8 nitrogen and oxygen atoms in total. The summed E-state index contributed by atoms with van der Waals surface area (Å²) < 4.78 is 13.2. The van der Waals surface area contributed by atoms with Crippen LogP contribution < -0.4 is 11.2 Å². The summed E-state index contributed by atoms with van der Waals surface area (Å²) in [5.41, 5.74) is -2.49. The van der Waals surface area contributed by atoms with Crippen molar-refractivity contribution in [2.24, 2.45) is 0 Å². The van der Waals surface area contributed by atoms with E-state index in [9.17, 15) is 23.6 Å². The third kappa shape index (κ3) is 2.77. The van der Waals surface area contributed by atoms with Crippen LogP contribution in [0.5, 0.6) is 0 Å². The molecule has 3 N–H and O–H groups in total. The molecule has 1 aromatic rings. The smallest absolute Gasteiger partial charge is 0.329 e. The minimum Gasteiger partial charge on any atom is -0.481 e. The van der Waals surface area contributed by atoms with Gasteiger partial charge in [0.2, 0.25) is 5.82 Å². The zero-order chi connectivity index (χ0) is 13.2. The normalized spacial score (nSPS) is 12.1. The van der Waals surface area contributed by atoms with Gasteiger partial charge in [-0.2, -0.15) is 4.39 Å². The highest BCUT2D eigenvalue weighted by molar-refractivity contribution is 5.79. The number of hydrogen-bond donors (Lipinski definition) is 3. The molecule has 92 valence electrons. The van der Waals surface area contributed by atoms with Crippen molar-refractivity contribution in [3.63, 3.8) is 0 Å². The molecule has 1 unspecified atom stereocenters. The molecule has 0 amide bonds. The summed E-state index contributed by atoms with van der Waals surface area (Å²) in [6, 6.07) is -1.79. The second-order valence-corrected chi connectivity index (χ2v) is 3.10. The quantitative estimate of drug-likeness (QED) is 0.610. The molecule has 1 atom stereocenters. The van der Waals surface area contributed by atoms with Crippen LogP contribution in [0.4, 0.5) is 4.39 Å². The van der Waals surface area contributed by atoms with Crippen molar-refractivity contribution in [1.82, 2.24) is 9.55 Å². The summed E-state index contributed by atoms with van der Waals surface area (Å²) in [5.74, 6) is -4.47. The van der Waals surface area contributed by atoms with Gasteiger partial charge in [0, 0.05) is 0 Å². The molecule has 0 aliphatic rings. The second kappa shape index (κ2) is 4.60. The van der Waals surface area contributed by atoms with Crippen LogP contribution in [-0.4, -0.2) is 31.7 Å². The van der Waals surface area contributed by atoms with Gasteiger partial charge in [0.1, 0.15) is 6.04 Å². The average molecular weight is 246 g/mol. The van der Waals surface area contributed by atoms with Gasteiger partial charge < -0.3 is 10.2 Å². The Morgan fingerprint density at radius 2 is 2.00 bits per heavy atom. The first-order valence-corrected chi connectivity index (χ1v) is 4.28. The largest absolute Gasteiger partial charge is 0.481 e. The van der Waals surface area contributed by atoms with Crippen LogP contribution in [0, 0.1) is 5.82 Å². The third-order valence-corrected chi connectivity index (χ3v) is 1.91. The lowest BCUT2D eigenvalue weighted by Crippen LogP contribution is -2.37. The van der Waals surface area contributed by atoms with Gasteiger partial charge in [0.25, 0.3) is 5.56 Å². The summed E-state index contributed by atoms with van der Waals surface area (Å²) >= 11 is 0. The van der Waals surface area contributed by atoms with Crippen LogP contribution in [0.2, 0.25) is 0 Å². The fourth-order valence-electron chi connectivity index (χ4n) is 1.16. The molecule has 0 bridgehead atoms.